The van der Waals surface area contributed by atoms with Crippen molar-refractivity contribution >= 4 is 17.7 Å². The number of hydrogen-bond donors (Lipinski definition) is 2. The largest absolute Gasteiger partial charge is 0.411 e. The number of carbonyl (C=O) groups is 1. The van der Waals surface area contributed by atoms with Crippen molar-refractivity contribution in [2.75, 3.05) is 26.4 Å². The number of aromatic nitrogens is 2. The van der Waals surface area contributed by atoms with E-state index >= 15 is 0 Å². The van der Waals surface area contributed by atoms with Gasteiger partial charge in [0.2, 0.25) is 11.8 Å². The molecule has 7 heteroatoms. The molecule has 3 rings (SSSR count). The molecule has 3 aromatic rings. The highest BCUT2D eigenvalue weighted by Crippen LogP contribution is 2.23. The topological polar surface area (TPSA) is 72.5 Å². The molecule has 1 heterocycles. The van der Waals surface area contributed by atoms with Crippen molar-refractivity contribution in [2.24, 2.45) is 0 Å². The van der Waals surface area contributed by atoms with Gasteiger partial charge in [0.05, 0.1) is 26.4 Å². The molecule has 6 nitrogen and oxygen atoms in total. The monoisotopic (exact) mass is 397 g/mol. The predicted molar refractivity (Wildman–Crippen MR) is 110 cm³/mol. The highest BCUT2D eigenvalue weighted by molar-refractivity contribution is 7.99. The van der Waals surface area contributed by atoms with Gasteiger partial charge in [0, 0.05) is 11.1 Å². The SMILES string of the molecule is Cc1ccc(-c2nnc(SCC(=O)NC[C@@H](c3ccccc3)[NH+](C)C)o2)cc1. The van der Waals surface area contributed by atoms with E-state index in [0.29, 0.717) is 17.7 Å². The Morgan fingerprint density at radius 3 is 2.50 bits per heavy atom. The number of aryl methyl sites for hydroxylation is 1. The first kappa shape index (κ1) is 20.1. The zero-order valence-corrected chi connectivity index (χ0v) is 17.1. The summed E-state index contributed by atoms with van der Waals surface area (Å²) in [5, 5.41) is 11.5. The third kappa shape index (κ3) is 5.43. The number of quaternary nitrogens is 1. The van der Waals surface area contributed by atoms with Crippen molar-refractivity contribution in [3.8, 4) is 11.5 Å². The van der Waals surface area contributed by atoms with Crippen molar-refractivity contribution in [3.05, 3.63) is 65.7 Å². The number of rotatable bonds is 8. The van der Waals surface area contributed by atoms with Gasteiger partial charge in [-0.1, -0.05) is 59.8 Å². The molecular formula is C21H25N4O2S+. The molecule has 0 bridgehead atoms. The minimum absolute atomic E-state index is 0.0535. The van der Waals surface area contributed by atoms with Crippen LogP contribution >= 0.6 is 11.8 Å². The molecule has 0 unspecified atom stereocenters. The molecule has 0 fully saturated rings. The van der Waals surface area contributed by atoms with Crippen LogP contribution in [-0.2, 0) is 4.79 Å². The van der Waals surface area contributed by atoms with Crippen LogP contribution in [0, 0.1) is 6.92 Å². The summed E-state index contributed by atoms with van der Waals surface area (Å²) in [6, 6.07) is 18.3. The Kier molecular flexibility index (Phi) is 6.84. The zero-order chi connectivity index (χ0) is 19.9. The molecule has 0 saturated carbocycles. The van der Waals surface area contributed by atoms with Gasteiger partial charge in [-0.25, -0.2) is 0 Å². The van der Waals surface area contributed by atoms with Crippen LogP contribution < -0.4 is 10.2 Å². The summed E-state index contributed by atoms with van der Waals surface area (Å²) in [6.45, 7) is 2.60. The van der Waals surface area contributed by atoms with Crippen molar-refractivity contribution in [1.29, 1.82) is 0 Å². The van der Waals surface area contributed by atoms with E-state index in [4.69, 9.17) is 4.42 Å². The maximum atomic E-state index is 12.3. The quantitative estimate of drug-likeness (QED) is 0.570. The normalized spacial score (nSPS) is 12.1. The molecular weight excluding hydrogens is 372 g/mol. The summed E-state index contributed by atoms with van der Waals surface area (Å²) < 4.78 is 5.65. The first-order chi connectivity index (χ1) is 13.5. The Morgan fingerprint density at radius 1 is 1.11 bits per heavy atom. The van der Waals surface area contributed by atoms with E-state index in [9.17, 15) is 4.79 Å². The van der Waals surface area contributed by atoms with Gasteiger partial charge in [0.15, 0.2) is 0 Å². The van der Waals surface area contributed by atoms with Gasteiger partial charge in [0.25, 0.3) is 5.22 Å². The van der Waals surface area contributed by atoms with E-state index in [-0.39, 0.29) is 17.7 Å². The van der Waals surface area contributed by atoms with E-state index in [1.165, 1.54) is 27.8 Å². The lowest BCUT2D eigenvalue weighted by Gasteiger charge is -2.22. The molecule has 0 aliphatic rings. The average molecular weight is 398 g/mol. The predicted octanol–water partition coefficient (Wildman–Crippen LogP) is 2.14. The maximum Gasteiger partial charge on any atom is 0.277 e. The summed E-state index contributed by atoms with van der Waals surface area (Å²) in [5.74, 6) is 0.644. The number of benzene rings is 2. The molecule has 28 heavy (non-hydrogen) atoms. The summed E-state index contributed by atoms with van der Waals surface area (Å²) in [5.41, 5.74) is 3.24. The molecule has 1 atom stereocenters. The number of likely N-dealkylation sites (N-methyl/N-ethyl adjacent to an activating group) is 1. The standard InChI is InChI=1S/C21H24N4O2S/c1-15-9-11-17(12-10-15)20-23-24-21(27-20)28-14-19(26)22-13-18(25(2)3)16-7-5-4-6-8-16/h4-12,18H,13-14H2,1-3H3,(H,22,26)/p+1/t18-/m0/s1. The first-order valence-electron chi connectivity index (χ1n) is 9.18. The van der Waals surface area contributed by atoms with Gasteiger partial charge in [-0.15, -0.1) is 10.2 Å². The summed E-state index contributed by atoms with van der Waals surface area (Å²) in [7, 11) is 4.17. The Bertz CT molecular complexity index is 894. The molecule has 0 aliphatic heterocycles. The van der Waals surface area contributed by atoms with Gasteiger partial charge >= 0.3 is 0 Å². The van der Waals surface area contributed by atoms with Crippen LogP contribution in [0.1, 0.15) is 17.2 Å². The molecule has 1 aromatic heterocycles. The van der Waals surface area contributed by atoms with Gasteiger partial charge in [-0.2, -0.15) is 0 Å². The molecule has 146 valence electrons. The van der Waals surface area contributed by atoms with E-state index in [0.717, 1.165) is 5.56 Å². The maximum absolute atomic E-state index is 12.3. The third-order valence-electron chi connectivity index (χ3n) is 4.43. The van der Waals surface area contributed by atoms with Crippen molar-refractivity contribution in [2.45, 2.75) is 18.2 Å². The molecule has 0 radical (unpaired) electrons. The van der Waals surface area contributed by atoms with Gasteiger partial charge in [-0.3, -0.25) is 4.79 Å². The Labute approximate surface area is 169 Å². The lowest BCUT2D eigenvalue weighted by molar-refractivity contribution is -0.890. The minimum atomic E-state index is -0.0535. The smallest absolute Gasteiger partial charge is 0.277 e. The van der Waals surface area contributed by atoms with Crippen molar-refractivity contribution in [1.82, 2.24) is 15.5 Å². The fourth-order valence-electron chi connectivity index (χ4n) is 2.82. The lowest BCUT2D eigenvalue weighted by Crippen LogP contribution is -3.07. The summed E-state index contributed by atoms with van der Waals surface area (Å²) >= 11 is 1.24. The van der Waals surface area contributed by atoms with Gasteiger partial charge in [0.1, 0.15) is 6.04 Å². The first-order valence-corrected chi connectivity index (χ1v) is 10.2. The van der Waals surface area contributed by atoms with Crippen LogP contribution in [0.2, 0.25) is 0 Å². The Balaban J connectivity index is 1.51. The number of thioether (sulfide) groups is 1. The molecule has 0 saturated heterocycles. The third-order valence-corrected chi connectivity index (χ3v) is 5.25. The molecule has 1 amide bonds. The summed E-state index contributed by atoms with van der Waals surface area (Å²) in [4.78, 5) is 13.5. The number of nitrogens with one attached hydrogen (secondary N) is 2. The lowest BCUT2D eigenvalue weighted by atomic mass is 10.1. The van der Waals surface area contributed by atoms with Crippen LogP contribution in [-0.4, -0.2) is 42.5 Å². The van der Waals surface area contributed by atoms with E-state index in [1.807, 2.05) is 49.4 Å². The number of amides is 1. The minimum Gasteiger partial charge on any atom is -0.411 e. The molecule has 2 aromatic carbocycles. The number of nitrogens with zero attached hydrogens (tertiary/aromatic N) is 2. The van der Waals surface area contributed by atoms with Crippen LogP contribution in [0.3, 0.4) is 0 Å². The second kappa shape index (κ2) is 9.52. The number of carbonyl (C=O) groups excluding carboxylic acids is 1. The highest BCUT2D eigenvalue weighted by Gasteiger charge is 2.19. The van der Waals surface area contributed by atoms with E-state index in [1.54, 1.807) is 0 Å². The fraction of sp³-hybridized carbons (Fsp3) is 0.286. The average Bonchev–Trinajstić information content (AvgIpc) is 3.17. The van der Waals surface area contributed by atoms with Crippen LogP contribution in [0.4, 0.5) is 0 Å². The van der Waals surface area contributed by atoms with E-state index in [2.05, 4.69) is 41.7 Å². The molecule has 0 aliphatic carbocycles. The Morgan fingerprint density at radius 2 is 1.82 bits per heavy atom. The highest BCUT2D eigenvalue weighted by atomic mass is 32.2. The zero-order valence-electron chi connectivity index (χ0n) is 16.3. The van der Waals surface area contributed by atoms with Crippen LogP contribution in [0.5, 0.6) is 0 Å². The van der Waals surface area contributed by atoms with Gasteiger partial charge < -0.3 is 14.6 Å². The molecule has 0 spiro atoms. The number of hydrogen-bond acceptors (Lipinski definition) is 5. The van der Waals surface area contributed by atoms with Crippen molar-refractivity contribution < 1.29 is 14.1 Å². The Hall–Kier alpha value is -2.64. The van der Waals surface area contributed by atoms with Crippen molar-refractivity contribution in [3.63, 3.8) is 0 Å². The van der Waals surface area contributed by atoms with Gasteiger partial charge in [-0.05, 0) is 19.1 Å². The molecule has 2 N–H and O–H groups in total. The fourth-order valence-corrected chi connectivity index (χ4v) is 3.41. The second-order valence-electron chi connectivity index (χ2n) is 6.87. The van der Waals surface area contributed by atoms with Crippen LogP contribution in [0.25, 0.3) is 11.5 Å². The van der Waals surface area contributed by atoms with Crippen LogP contribution in [0.15, 0.2) is 64.2 Å². The summed E-state index contributed by atoms with van der Waals surface area (Å²) in [6.07, 6.45) is 0. The van der Waals surface area contributed by atoms with E-state index < -0.39 is 0 Å². The second-order valence-corrected chi connectivity index (χ2v) is 7.80.